The van der Waals surface area contributed by atoms with Crippen molar-refractivity contribution in [3.8, 4) is 0 Å². The van der Waals surface area contributed by atoms with Gasteiger partial charge in [0.15, 0.2) is 0 Å². The number of hydrogen-bond acceptors (Lipinski definition) is 1. The summed E-state index contributed by atoms with van der Waals surface area (Å²) < 4.78 is 0. The first kappa shape index (κ1) is 10.7. The molecule has 0 heterocycles. The van der Waals surface area contributed by atoms with Crippen molar-refractivity contribution < 1.29 is 5.11 Å². The molecule has 0 aromatic heterocycles. The lowest BCUT2D eigenvalue weighted by atomic mass is 10.0. The molecule has 1 N–H and O–H groups in total. The summed E-state index contributed by atoms with van der Waals surface area (Å²) in [5.41, 5.74) is 1.35. The van der Waals surface area contributed by atoms with Crippen LogP contribution in [0.2, 0.25) is 0 Å². The molecule has 0 amide bonds. The Hall–Kier alpha value is -0.300. The Morgan fingerprint density at radius 3 is 2.36 bits per heavy atom. The van der Waals surface area contributed by atoms with Crippen molar-refractivity contribution in [2.24, 2.45) is 0 Å². The van der Waals surface area contributed by atoms with Gasteiger partial charge >= 0.3 is 0 Å². The molecule has 0 saturated carbocycles. The second kappa shape index (κ2) is 7.80. The summed E-state index contributed by atoms with van der Waals surface area (Å²) in [5, 5.41) is 8.53. The molecule has 1 heteroatoms. The fourth-order valence-corrected chi connectivity index (χ4v) is 1.04. The maximum atomic E-state index is 8.53. The summed E-state index contributed by atoms with van der Waals surface area (Å²) in [6, 6.07) is 0. The third kappa shape index (κ3) is 7.60. The zero-order valence-corrected chi connectivity index (χ0v) is 7.60. The molecule has 0 aliphatic carbocycles. The van der Waals surface area contributed by atoms with E-state index >= 15 is 0 Å². The van der Waals surface area contributed by atoms with Gasteiger partial charge in [-0.15, -0.1) is 0 Å². The van der Waals surface area contributed by atoms with Crippen LogP contribution in [0, 0.1) is 0 Å². The van der Waals surface area contributed by atoms with Crippen molar-refractivity contribution >= 4 is 0 Å². The predicted molar refractivity (Wildman–Crippen MR) is 49.6 cm³/mol. The maximum absolute atomic E-state index is 8.53. The molecule has 66 valence electrons. The smallest absolute Gasteiger partial charge is 0.0431 e. The van der Waals surface area contributed by atoms with E-state index in [1.54, 1.807) is 0 Å². The summed E-state index contributed by atoms with van der Waals surface area (Å²) in [6.45, 7) is 6.50. The Kier molecular flexibility index (Phi) is 7.59. The van der Waals surface area contributed by atoms with Crippen LogP contribution in [0.1, 0.15) is 45.4 Å². The van der Waals surface area contributed by atoms with E-state index < -0.39 is 0 Å². The SMILES string of the molecule is C=C(CCCC)CCCCO. The van der Waals surface area contributed by atoms with Crippen molar-refractivity contribution in [1.29, 1.82) is 0 Å². The average Bonchev–Trinajstić information content (AvgIpc) is 2.01. The van der Waals surface area contributed by atoms with Crippen LogP contribution in [-0.2, 0) is 0 Å². The van der Waals surface area contributed by atoms with E-state index in [2.05, 4.69) is 13.5 Å². The molecular weight excluding hydrogens is 136 g/mol. The minimum atomic E-state index is 0.320. The third-order valence-electron chi connectivity index (χ3n) is 1.82. The molecule has 0 atom stereocenters. The molecule has 0 bridgehead atoms. The van der Waals surface area contributed by atoms with Gasteiger partial charge in [0, 0.05) is 6.61 Å². The van der Waals surface area contributed by atoms with E-state index in [0.717, 1.165) is 19.3 Å². The molecule has 0 aromatic carbocycles. The first-order valence-electron chi connectivity index (χ1n) is 4.58. The predicted octanol–water partition coefficient (Wildman–Crippen LogP) is 2.90. The van der Waals surface area contributed by atoms with Gasteiger partial charge in [-0.3, -0.25) is 0 Å². The Morgan fingerprint density at radius 2 is 1.82 bits per heavy atom. The van der Waals surface area contributed by atoms with Gasteiger partial charge in [0.2, 0.25) is 0 Å². The van der Waals surface area contributed by atoms with E-state index in [0.29, 0.717) is 6.61 Å². The molecule has 1 nitrogen and oxygen atoms in total. The van der Waals surface area contributed by atoms with Crippen LogP contribution in [0.5, 0.6) is 0 Å². The lowest BCUT2D eigenvalue weighted by molar-refractivity contribution is 0.284. The van der Waals surface area contributed by atoms with E-state index in [1.807, 2.05) is 0 Å². The fraction of sp³-hybridized carbons (Fsp3) is 0.800. The maximum Gasteiger partial charge on any atom is 0.0431 e. The Labute approximate surface area is 70.1 Å². The molecule has 0 aromatic rings. The van der Waals surface area contributed by atoms with Gasteiger partial charge in [-0.1, -0.05) is 25.5 Å². The number of rotatable bonds is 7. The lowest BCUT2D eigenvalue weighted by Gasteiger charge is -2.02. The topological polar surface area (TPSA) is 20.2 Å². The van der Waals surface area contributed by atoms with Crippen LogP contribution in [0.25, 0.3) is 0 Å². The highest BCUT2D eigenvalue weighted by Crippen LogP contribution is 2.11. The normalized spacial score (nSPS) is 10.0. The number of unbranched alkanes of at least 4 members (excludes halogenated alkanes) is 2. The molecule has 0 spiro atoms. The number of hydrogen-bond donors (Lipinski definition) is 1. The highest BCUT2D eigenvalue weighted by molar-refractivity contribution is 4.93. The fourth-order valence-electron chi connectivity index (χ4n) is 1.04. The molecule has 0 aliphatic heterocycles. The molecule has 11 heavy (non-hydrogen) atoms. The molecule has 0 aliphatic rings. The monoisotopic (exact) mass is 156 g/mol. The van der Waals surface area contributed by atoms with E-state index in [1.165, 1.54) is 24.8 Å². The highest BCUT2D eigenvalue weighted by Gasteiger charge is 1.93. The quantitative estimate of drug-likeness (QED) is 0.444. The van der Waals surface area contributed by atoms with Crippen molar-refractivity contribution in [2.45, 2.75) is 45.4 Å². The van der Waals surface area contributed by atoms with Gasteiger partial charge < -0.3 is 5.11 Å². The summed E-state index contributed by atoms with van der Waals surface area (Å²) in [7, 11) is 0. The van der Waals surface area contributed by atoms with E-state index in [4.69, 9.17) is 5.11 Å². The van der Waals surface area contributed by atoms with Crippen LogP contribution in [0.15, 0.2) is 12.2 Å². The summed E-state index contributed by atoms with van der Waals surface area (Å²) in [5.74, 6) is 0. The molecular formula is C10H20O. The standard InChI is InChI=1S/C10H20O/c1-3-4-7-10(2)8-5-6-9-11/h11H,2-9H2,1H3. The van der Waals surface area contributed by atoms with Gasteiger partial charge in [-0.05, 0) is 32.1 Å². The minimum Gasteiger partial charge on any atom is -0.396 e. The molecule has 0 saturated heterocycles. The number of allylic oxidation sites excluding steroid dienone is 1. The van der Waals surface area contributed by atoms with Crippen LogP contribution in [0.4, 0.5) is 0 Å². The van der Waals surface area contributed by atoms with Crippen LogP contribution in [-0.4, -0.2) is 11.7 Å². The van der Waals surface area contributed by atoms with Crippen LogP contribution >= 0.6 is 0 Å². The average molecular weight is 156 g/mol. The zero-order valence-electron chi connectivity index (χ0n) is 7.60. The summed E-state index contributed by atoms with van der Waals surface area (Å²) in [6.07, 6.45) is 6.80. The second-order valence-electron chi connectivity index (χ2n) is 3.03. The summed E-state index contributed by atoms with van der Waals surface area (Å²) >= 11 is 0. The highest BCUT2D eigenvalue weighted by atomic mass is 16.2. The number of aliphatic hydroxyl groups excluding tert-OH is 1. The van der Waals surface area contributed by atoms with Crippen molar-refractivity contribution in [3.05, 3.63) is 12.2 Å². The van der Waals surface area contributed by atoms with Crippen molar-refractivity contribution in [1.82, 2.24) is 0 Å². The van der Waals surface area contributed by atoms with Gasteiger partial charge in [-0.25, -0.2) is 0 Å². The first-order valence-corrected chi connectivity index (χ1v) is 4.58. The van der Waals surface area contributed by atoms with Gasteiger partial charge in [-0.2, -0.15) is 0 Å². The third-order valence-corrected chi connectivity index (χ3v) is 1.82. The second-order valence-corrected chi connectivity index (χ2v) is 3.03. The molecule has 0 rings (SSSR count). The van der Waals surface area contributed by atoms with Crippen LogP contribution < -0.4 is 0 Å². The zero-order chi connectivity index (χ0) is 8.53. The minimum absolute atomic E-state index is 0.320. The molecule has 0 fully saturated rings. The lowest BCUT2D eigenvalue weighted by Crippen LogP contribution is -1.86. The van der Waals surface area contributed by atoms with Crippen molar-refractivity contribution in [2.75, 3.05) is 6.61 Å². The molecule has 0 unspecified atom stereocenters. The van der Waals surface area contributed by atoms with E-state index in [-0.39, 0.29) is 0 Å². The molecule has 0 radical (unpaired) electrons. The van der Waals surface area contributed by atoms with Crippen LogP contribution in [0.3, 0.4) is 0 Å². The van der Waals surface area contributed by atoms with E-state index in [9.17, 15) is 0 Å². The largest absolute Gasteiger partial charge is 0.396 e. The Morgan fingerprint density at radius 1 is 1.18 bits per heavy atom. The number of aliphatic hydroxyl groups is 1. The first-order chi connectivity index (χ1) is 5.31. The van der Waals surface area contributed by atoms with Gasteiger partial charge in [0.05, 0.1) is 0 Å². The summed E-state index contributed by atoms with van der Waals surface area (Å²) in [4.78, 5) is 0. The van der Waals surface area contributed by atoms with Gasteiger partial charge in [0.1, 0.15) is 0 Å². The van der Waals surface area contributed by atoms with Crippen molar-refractivity contribution in [3.63, 3.8) is 0 Å². The Bertz CT molecular complexity index is 97.0. The van der Waals surface area contributed by atoms with Gasteiger partial charge in [0.25, 0.3) is 0 Å². The Balaban J connectivity index is 3.09.